The third-order valence-corrected chi connectivity index (χ3v) is 12.1. The third kappa shape index (κ3) is 45.9. The summed E-state index contributed by atoms with van der Waals surface area (Å²) in [6, 6.07) is -0.721. The first kappa shape index (κ1) is 61.3. The lowest BCUT2D eigenvalue weighted by Gasteiger charge is -2.24. The minimum Gasteiger partial charge on any atom is -0.462 e. The van der Waals surface area contributed by atoms with Crippen molar-refractivity contribution in [1.29, 1.82) is 0 Å². The van der Waals surface area contributed by atoms with Gasteiger partial charge in [0.15, 0.2) is 0 Å². The van der Waals surface area contributed by atoms with E-state index in [0.717, 1.165) is 89.9 Å². The zero-order chi connectivity index (χ0) is 46.7. The van der Waals surface area contributed by atoms with Crippen molar-refractivity contribution in [2.75, 3.05) is 6.61 Å². The summed E-state index contributed by atoms with van der Waals surface area (Å²) >= 11 is 0. The van der Waals surface area contributed by atoms with Gasteiger partial charge >= 0.3 is 5.97 Å². The Morgan fingerprint density at radius 2 is 0.859 bits per heavy atom. The van der Waals surface area contributed by atoms with Gasteiger partial charge in [0.05, 0.1) is 25.2 Å². The summed E-state index contributed by atoms with van der Waals surface area (Å²) in [4.78, 5) is 26.2. The first-order valence-electron chi connectivity index (χ1n) is 27.2. The highest BCUT2D eigenvalue weighted by atomic mass is 16.5. The molecule has 64 heavy (non-hydrogen) atoms. The minimum absolute atomic E-state index is 0.0410. The Balaban J connectivity index is 4.69. The van der Waals surface area contributed by atoms with Crippen molar-refractivity contribution in [1.82, 2.24) is 5.32 Å². The Labute approximate surface area is 396 Å². The lowest BCUT2D eigenvalue weighted by molar-refractivity contribution is -0.151. The second kappa shape index (κ2) is 51.3. The number of allylic oxidation sites excluding steroid dienone is 12. The second-order valence-corrected chi connectivity index (χ2v) is 18.3. The van der Waals surface area contributed by atoms with E-state index in [2.05, 4.69) is 99.0 Å². The van der Waals surface area contributed by atoms with Crippen LogP contribution in [0.1, 0.15) is 258 Å². The van der Waals surface area contributed by atoms with Gasteiger partial charge in [-0.05, 0) is 89.9 Å². The topological polar surface area (TPSA) is 95.9 Å². The fourth-order valence-corrected chi connectivity index (χ4v) is 7.91. The molecular formula is C58H103NO5. The van der Waals surface area contributed by atoms with Crippen LogP contribution in [-0.4, -0.2) is 46.9 Å². The van der Waals surface area contributed by atoms with Crippen LogP contribution in [0.4, 0.5) is 0 Å². The SMILES string of the molecule is CCCCC/C=C\C/C=C\C/C=C\CCCCC(CC(=O)NC(CO)C(O)CCCCCCCCCCCCCC)OC(=O)CCCCCCC/C=C/C=C/C=C/CCCCCCC. The van der Waals surface area contributed by atoms with Crippen molar-refractivity contribution in [2.45, 2.75) is 277 Å². The molecule has 0 aromatic heterocycles. The number of hydrogen-bond acceptors (Lipinski definition) is 5. The Bertz CT molecular complexity index is 1190. The average Bonchev–Trinajstić information content (AvgIpc) is 3.29. The number of hydrogen-bond donors (Lipinski definition) is 3. The van der Waals surface area contributed by atoms with E-state index in [-0.39, 0.29) is 24.9 Å². The summed E-state index contributed by atoms with van der Waals surface area (Å²) in [6.07, 6.45) is 65.3. The molecule has 0 aliphatic carbocycles. The highest BCUT2D eigenvalue weighted by Gasteiger charge is 2.24. The maximum atomic E-state index is 13.2. The van der Waals surface area contributed by atoms with E-state index in [9.17, 15) is 19.8 Å². The third-order valence-electron chi connectivity index (χ3n) is 12.1. The Kier molecular flexibility index (Phi) is 49.1. The summed E-state index contributed by atoms with van der Waals surface area (Å²) in [5.41, 5.74) is 0. The van der Waals surface area contributed by atoms with Crippen LogP contribution in [-0.2, 0) is 14.3 Å². The molecule has 0 aliphatic rings. The number of carbonyl (C=O) groups is 2. The standard InChI is InChI=1S/C58H103NO5/c1-4-7-10-13-16-19-22-25-27-28-29-31-33-36-39-42-45-48-51-58(63)64-54(49-46-43-40-37-34-32-30-26-23-20-17-14-11-8-5-2)52-57(62)59-55(53-60)56(61)50-47-44-41-38-35-24-21-18-15-12-9-6-3/h17,20,22,25-31,34,37,54-56,60-61H,4-16,18-19,21,23-24,32-33,35-36,38-53H2,1-3H3,(H,59,62)/b20-17-,25-22+,28-27+,30-26-,31-29+,37-34-. The van der Waals surface area contributed by atoms with Gasteiger partial charge in [-0.15, -0.1) is 0 Å². The predicted molar refractivity (Wildman–Crippen MR) is 278 cm³/mol. The fourth-order valence-electron chi connectivity index (χ4n) is 7.91. The van der Waals surface area contributed by atoms with Crippen LogP contribution in [0.3, 0.4) is 0 Å². The van der Waals surface area contributed by atoms with Crippen molar-refractivity contribution in [3.8, 4) is 0 Å². The number of unbranched alkanes of at least 4 members (excludes halogenated alkanes) is 26. The zero-order valence-corrected chi connectivity index (χ0v) is 42.1. The van der Waals surface area contributed by atoms with Crippen molar-refractivity contribution in [3.05, 3.63) is 72.9 Å². The molecule has 0 aliphatic heterocycles. The fraction of sp³-hybridized carbons (Fsp3) is 0.759. The average molecular weight is 894 g/mol. The number of aliphatic hydroxyl groups excluding tert-OH is 2. The molecule has 370 valence electrons. The van der Waals surface area contributed by atoms with Gasteiger partial charge in [0, 0.05) is 6.42 Å². The number of aliphatic hydroxyl groups is 2. The molecule has 0 spiro atoms. The molecule has 0 aromatic rings. The van der Waals surface area contributed by atoms with Gasteiger partial charge in [-0.25, -0.2) is 0 Å². The van der Waals surface area contributed by atoms with Crippen LogP contribution in [0, 0.1) is 0 Å². The Morgan fingerprint density at radius 3 is 1.38 bits per heavy atom. The van der Waals surface area contributed by atoms with Crippen LogP contribution in [0.15, 0.2) is 72.9 Å². The van der Waals surface area contributed by atoms with Gasteiger partial charge < -0.3 is 20.3 Å². The summed E-state index contributed by atoms with van der Waals surface area (Å²) < 4.78 is 5.92. The molecular weight excluding hydrogens is 791 g/mol. The van der Waals surface area contributed by atoms with E-state index in [1.807, 2.05) is 0 Å². The maximum Gasteiger partial charge on any atom is 0.306 e. The summed E-state index contributed by atoms with van der Waals surface area (Å²) in [6.45, 7) is 6.43. The number of rotatable bonds is 48. The maximum absolute atomic E-state index is 13.2. The molecule has 6 heteroatoms. The van der Waals surface area contributed by atoms with Gasteiger partial charge in [0.2, 0.25) is 5.91 Å². The molecule has 0 aromatic carbocycles. The lowest BCUT2D eigenvalue weighted by Crippen LogP contribution is -2.46. The Morgan fingerprint density at radius 1 is 0.469 bits per heavy atom. The molecule has 0 bridgehead atoms. The first-order valence-corrected chi connectivity index (χ1v) is 27.2. The van der Waals surface area contributed by atoms with Gasteiger partial charge in [-0.2, -0.15) is 0 Å². The molecule has 0 fully saturated rings. The molecule has 0 saturated heterocycles. The largest absolute Gasteiger partial charge is 0.462 e. The summed E-state index contributed by atoms with van der Waals surface area (Å²) in [7, 11) is 0. The molecule has 3 N–H and O–H groups in total. The van der Waals surface area contributed by atoms with Crippen molar-refractivity contribution in [2.24, 2.45) is 0 Å². The normalized spacial score (nSPS) is 13.8. The minimum atomic E-state index is -0.804. The zero-order valence-electron chi connectivity index (χ0n) is 42.1. The molecule has 6 nitrogen and oxygen atoms in total. The van der Waals surface area contributed by atoms with E-state index in [0.29, 0.717) is 19.3 Å². The Hall–Kier alpha value is -2.70. The van der Waals surface area contributed by atoms with Crippen LogP contribution >= 0.6 is 0 Å². The van der Waals surface area contributed by atoms with Gasteiger partial charge in [-0.1, -0.05) is 229 Å². The number of nitrogens with one attached hydrogen (secondary N) is 1. The molecule has 0 rings (SSSR count). The van der Waals surface area contributed by atoms with Crippen LogP contribution in [0.2, 0.25) is 0 Å². The van der Waals surface area contributed by atoms with E-state index >= 15 is 0 Å². The van der Waals surface area contributed by atoms with E-state index in [4.69, 9.17) is 4.74 Å². The predicted octanol–water partition coefficient (Wildman–Crippen LogP) is 16.6. The van der Waals surface area contributed by atoms with Crippen LogP contribution < -0.4 is 5.32 Å². The second-order valence-electron chi connectivity index (χ2n) is 18.3. The van der Waals surface area contributed by atoms with Crippen molar-refractivity contribution >= 4 is 11.9 Å². The summed E-state index contributed by atoms with van der Waals surface area (Å²) in [5.74, 6) is -0.534. The molecule has 0 radical (unpaired) electrons. The smallest absolute Gasteiger partial charge is 0.306 e. The molecule has 3 atom stereocenters. The quantitative estimate of drug-likeness (QED) is 0.0245. The number of esters is 1. The summed E-state index contributed by atoms with van der Waals surface area (Å²) in [5, 5.41) is 23.8. The molecule has 0 heterocycles. The number of ether oxygens (including phenoxy) is 1. The first-order chi connectivity index (χ1) is 31.5. The van der Waals surface area contributed by atoms with Crippen LogP contribution in [0.5, 0.6) is 0 Å². The van der Waals surface area contributed by atoms with Gasteiger partial charge in [-0.3, -0.25) is 9.59 Å². The lowest BCUT2D eigenvalue weighted by atomic mass is 10.0. The van der Waals surface area contributed by atoms with Crippen molar-refractivity contribution in [3.63, 3.8) is 0 Å². The highest BCUT2D eigenvalue weighted by Crippen LogP contribution is 2.17. The highest BCUT2D eigenvalue weighted by molar-refractivity contribution is 5.77. The van der Waals surface area contributed by atoms with Crippen LogP contribution in [0.25, 0.3) is 0 Å². The van der Waals surface area contributed by atoms with Crippen molar-refractivity contribution < 1.29 is 24.5 Å². The molecule has 0 saturated carbocycles. The van der Waals surface area contributed by atoms with E-state index in [1.54, 1.807) is 0 Å². The van der Waals surface area contributed by atoms with E-state index in [1.165, 1.54) is 122 Å². The number of amides is 1. The van der Waals surface area contributed by atoms with Gasteiger partial charge in [0.1, 0.15) is 6.10 Å². The van der Waals surface area contributed by atoms with E-state index < -0.39 is 18.2 Å². The monoisotopic (exact) mass is 894 g/mol. The molecule has 3 unspecified atom stereocenters. The van der Waals surface area contributed by atoms with Gasteiger partial charge in [0.25, 0.3) is 0 Å². The molecule has 1 amide bonds. The number of carbonyl (C=O) groups excluding carboxylic acids is 2.